The summed E-state index contributed by atoms with van der Waals surface area (Å²) in [6.07, 6.45) is 5.32. The molecule has 0 spiro atoms. The summed E-state index contributed by atoms with van der Waals surface area (Å²) < 4.78 is 0. The molecule has 0 amide bonds. The maximum atomic E-state index is 9.72. The molecule has 1 nitrogen and oxygen atoms in total. The molecule has 0 aliphatic carbocycles. The van der Waals surface area contributed by atoms with Gasteiger partial charge in [-0.25, -0.2) is 0 Å². The smallest absolute Gasteiger partial charge is 0.123 e. The van der Waals surface area contributed by atoms with E-state index in [1.54, 1.807) is 12.1 Å². The van der Waals surface area contributed by atoms with Crippen LogP contribution in [0.3, 0.4) is 0 Å². The molecule has 15 heavy (non-hydrogen) atoms. The lowest BCUT2D eigenvalue weighted by Gasteiger charge is -2.04. The van der Waals surface area contributed by atoms with Crippen molar-refractivity contribution in [1.29, 1.82) is 0 Å². The average Bonchev–Trinajstić information content (AvgIpc) is 2.31. The summed E-state index contributed by atoms with van der Waals surface area (Å²) >= 11 is 0. The lowest BCUT2D eigenvalue weighted by atomic mass is 10.0. The van der Waals surface area contributed by atoms with Gasteiger partial charge in [-0.2, -0.15) is 0 Å². The number of hydrogen-bond donors (Lipinski definition) is 1. The second kappa shape index (κ2) is 3.89. The quantitative estimate of drug-likeness (QED) is 0.692. The molecule has 0 saturated heterocycles. The summed E-state index contributed by atoms with van der Waals surface area (Å²) in [5.41, 5.74) is 2.50. The van der Waals surface area contributed by atoms with Gasteiger partial charge in [-0.15, -0.1) is 6.42 Å². The highest BCUT2D eigenvalue weighted by Gasteiger charge is 2.03. The van der Waals surface area contributed by atoms with Crippen LogP contribution in [0, 0.1) is 12.3 Å². The minimum atomic E-state index is 0.250. The first-order chi connectivity index (χ1) is 7.31. The van der Waals surface area contributed by atoms with E-state index in [1.165, 1.54) is 0 Å². The highest BCUT2D eigenvalue weighted by molar-refractivity contribution is 5.71. The molecular formula is C14H10O. The molecule has 1 N–H and O–H groups in total. The normalized spacial score (nSPS) is 9.53. The zero-order valence-corrected chi connectivity index (χ0v) is 8.14. The minimum Gasteiger partial charge on any atom is -0.507 e. The average molecular weight is 194 g/mol. The van der Waals surface area contributed by atoms with Crippen LogP contribution >= 0.6 is 0 Å². The largest absolute Gasteiger partial charge is 0.507 e. The van der Waals surface area contributed by atoms with Crippen LogP contribution in [-0.2, 0) is 0 Å². The fourth-order valence-corrected chi connectivity index (χ4v) is 1.47. The van der Waals surface area contributed by atoms with Crippen LogP contribution in [-0.4, -0.2) is 5.11 Å². The lowest BCUT2D eigenvalue weighted by Crippen LogP contribution is -1.81. The fraction of sp³-hybridized carbons (Fsp3) is 0. The molecule has 0 atom stereocenters. The lowest BCUT2D eigenvalue weighted by molar-refractivity contribution is 0.477. The number of rotatable bonds is 1. The van der Waals surface area contributed by atoms with Crippen LogP contribution in [0.15, 0.2) is 48.5 Å². The second-order valence-electron chi connectivity index (χ2n) is 3.24. The van der Waals surface area contributed by atoms with Gasteiger partial charge in [-0.05, 0) is 23.8 Å². The van der Waals surface area contributed by atoms with Crippen molar-refractivity contribution in [2.75, 3.05) is 0 Å². The van der Waals surface area contributed by atoms with E-state index in [0.29, 0.717) is 0 Å². The van der Waals surface area contributed by atoms with Crippen LogP contribution < -0.4 is 0 Å². The van der Waals surface area contributed by atoms with Gasteiger partial charge >= 0.3 is 0 Å². The SMILES string of the molecule is C#Cc1ccc(O)c(-c2ccccc2)c1. The number of aromatic hydroxyl groups is 1. The molecule has 0 aliphatic heterocycles. The van der Waals surface area contributed by atoms with Crippen LogP contribution in [0.5, 0.6) is 5.75 Å². The number of phenolic OH excluding ortho intramolecular Hbond substituents is 1. The number of phenols is 1. The highest BCUT2D eigenvalue weighted by atomic mass is 16.3. The number of terminal acetylenes is 1. The zero-order chi connectivity index (χ0) is 10.7. The van der Waals surface area contributed by atoms with Crippen molar-refractivity contribution < 1.29 is 5.11 Å². The van der Waals surface area contributed by atoms with E-state index in [9.17, 15) is 5.11 Å². The summed E-state index contributed by atoms with van der Waals surface area (Å²) in [6.45, 7) is 0. The molecule has 2 aromatic carbocycles. The maximum Gasteiger partial charge on any atom is 0.123 e. The summed E-state index contributed by atoms with van der Waals surface area (Å²) in [6, 6.07) is 14.8. The van der Waals surface area contributed by atoms with Gasteiger partial charge in [-0.3, -0.25) is 0 Å². The Kier molecular flexibility index (Phi) is 2.43. The predicted octanol–water partition coefficient (Wildman–Crippen LogP) is 3.04. The Hall–Kier alpha value is -2.20. The zero-order valence-electron chi connectivity index (χ0n) is 8.14. The first-order valence-electron chi connectivity index (χ1n) is 4.66. The van der Waals surface area contributed by atoms with E-state index >= 15 is 0 Å². The van der Waals surface area contributed by atoms with Crippen molar-refractivity contribution in [3.63, 3.8) is 0 Å². The second-order valence-corrected chi connectivity index (χ2v) is 3.24. The Bertz CT molecular complexity index is 507. The molecule has 0 radical (unpaired) electrons. The Balaban J connectivity index is 2.58. The summed E-state index contributed by atoms with van der Waals surface area (Å²) in [4.78, 5) is 0. The molecule has 0 aliphatic rings. The van der Waals surface area contributed by atoms with Crippen molar-refractivity contribution in [3.05, 3.63) is 54.1 Å². The van der Waals surface area contributed by atoms with Crippen LogP contribution in [0.2, 0.25) is 0 Å². The first-order valence-corrected chi connectivity index (χ1v) is 4.66. The molecule has 0 saturated carbocycles. The third kappa shape index (κ3) is 1.84. The molecular weight excluding hydrogens is 184 g/mol. The van der Waals surface area contributed by atoms with Crippen LogP contribution in [0.4, 0.5) is 0 Å². The summed E-state index contributed by atoms with van der Waals surface area (Å²) in [7, 11) is 0. The predicted molar refractivity (Wildman–Crippen MR) is 61.5 cm³/mol. The molecule has 0 aromatic heterocycles. The third-order valence-corrected chi connectivity index (χ3v) is 2.25. The van der Waals surface area contributed by atoms with Crippen molar-refractivity contribution >= 4 is 0 Å². The number of hydrogen-bond acceptors (Lipinski definition) is 1. The molecule has 2 aromatic rings. The van der Waals surface area contributed by atoms with Gasteiger partial charge < -0.3 is 5.11 Å². The van der Waals surface area contributed by atoms with Crippen molar-refractivity contribution in [2.45, 2.75) is 0 Å². The maximum absolute atomic E-state index is 9.72. The molecule has 1 heteroatoms. The van der Waals surface area contributed by atoms with E-state index in [1.807, 2.05) is 36.4 Å². The van der Waals surface area contributed by atoms with E-state index in [-0.39, 0.29) is 5.75 Å². The van der Waals surface area contributed by atoms with Gasteiger partial charge in [0, 0.05) is 11.1 Å². The molecule has 72 valence electrons. The molecule has 0 unspecified atom stereocenters. The van der Waals surface area contributed by atoms with Crippen molar-refractivity contribution in [3.8, 4) is 29.2 Å². The Morgan fingerprint density at radius 1 is 1.00 bits per heavy atom. The fourth-order valence-electron chi connectivity index (χ4n) is 1.47. The molecule has 2 rings (SSSR count). The third-order valence-electron chi connectivity index (χ3n) is 2.25. The summed E-state index contributed by atoms with van der Waals surface area (Å²) in [5, 5.41) is 9.72. The first kappa shape index (κ1) is 9.36. The van der Waals surface area contributed by atoms with Crippen molar-refractivity contribution in [2.24, 2.45) is 0 Å². The highest BCUT2D eigenvalue weighted by Crippen LogP contribution is 2.29. The minimum absolute atomic E-state index is 0.250. The van der Waals surface area contributed by atoms with Gasteiger partial charge in [0.15, 0.2) is 0 Å². The van der Waals surface area contributed by atoms with Crippen LogP contribution in [0.1, 0.15) is 5.56 Å². The number of benzene rings is 2. The Labute approximate surface area is 89.0 Å². The van der Waals surface area contributed by atoms with E-state index in [0.717, 1.165) is 16.7 Å². The van der Waals surface area contributed by atoms with Crippen molar-refractivity contribution in [1.82, 2.24) is 0 Å². The van der Waals surface area contributed by atoms with E-state index in [4.69, 9.17) is 6.42 Å². The van der Waals surface area contributed by atoms with Crippen LogP contribution in [0.25, 0.3) is 11.1 Å². The van der Waals surface area contributed by atoms with E-state index in [2.05, 4.69) is 5.92 Å². The monoisotopic (exact) mass is 194 g/mol. The van der Waals surface area contributed by atoms with E-state index < -0.39 is 0 Å². The topological polar surface area (TPSA) is 20.2 Å². The standard InChI is InChI=1S/C14H10O/c1-2-11-8-9-14(15)13(10-11)12-6-4-3-5-7-12/h1,3-10,15H. The van der Waals surface area contributed by atoms with Gasteiger partial charge in [0.25, 0.3) is 0 Å². The van der Waals surface area contributed by atoms with Gasteiger partial charge in [0.05, 0.1) is 0 Å². The Morgan fingerprint density at radius 2 is 1.73 bits per heavy atom. The molecule has 0 fully saturated rings. The van der Waals surface area contributed by atoms with Gasteiger partial charge in [0.2, 0.25) is 0 Å². The molecule has 0 bridgehead atoms. The molecule has 0 heterocycles. The summed E-state index contributed by atoms with van der Waals surface area (Å²) in [5.74, 6) is 2.80. The Morgan fingerprint density at radius 3 is 2.40 bits per heavy atom. The van der Waals surface area contributed by atoms with Gasteiger partial charge in [0.1, 0.15) is 5.75 Å². The van der Waals surface area contributed by atoms with Gasteiger partial charge in [-0.1, -0.05) is 36.3 Å².